The van der Waals surface area contributed by atoms with Crippen LogP contribution < -0.4 is 4.90 Å². The summed E-state index contributed by atoms with van der Waals surface area (Å²) in [5, 5.41) is 6.66. The minimum Gasteiger partial charge on any atom is -0.347 e. The van der Waals surface area contributed by atoms with Crippen molar-refractivity contribution in [3.8, 4) is 11.3 Å². The van der Waals surface area contributed by atoms with E-state index in [-0.39, 0.29) is 0 Å². The van der Waals surface area contributed by atoms with E-state index in [4.69, 9.17) is 4.98 Å². The summed E-state index contributed by atoms with van der Waals surface area (Å²) in [6.07, 6.45) is 1.17. The molecule has 0 unspecified atom stereocenters. The van der Waals surface area contributed by atoms with Crippen LogP contribution in [0.5, 0.6) is 0 Å². The largest absolute Gasteiger partial charge is 0.347 e. The lowest BCUT2D eigenvalue weighted by molar-refractivity contribution is 0.282. The van der Waals surface area contributed by atoms with Crippen molar-refractivity contribution in [3.63, 3.8) is 0 Å². The molecule has 0 radical (unpaired) electrons. The van der Waals surface area contributed by atoms with Gasteiger partial charge >= 0.3 is 0 Å². The number of aromatic nitrogens is 2. The molecule has 0 saturated carbocycles. The highest BCUT2D eigenvalue weighted by molar-refractivity contribution is 7.14. The molecular formula is C19H22N4S2. The molecule has 25 heavy (non-hydrogen) atoms. The smallest absolute Gasteiger partial charge is 0.185 e. The van der Waals surface area contributed by atoms with E-state index in [0.717, 1.165) is 48.6 Å². The number of hydrogen-bond donors (Lipinski definition) is 0. The van der Waals surface area contributed by atoms with Crippen LogP contribution in [0.25, 0.3) is 11.3 Å². The van der Waals surface area contributed by atoms with Crippen molar-refractivity contribution in [2.24, 2.45) is 0 Å². The van der Waals surface area contributed by atoms with E-state index < -0.39 is 0 Å². The monoisotopic (exact) mass is 370 g/mol. The second kappa shape index (κ2) is 7.64. The van der Waals surface area contributed by atoms with Gasteiger partial charge in [0.2, 0.25) is 0 Å². The molecule has 0 atom stereocenters. The second-order valence-electron chi connectivity index (χ2n) is 6.36. The summed E-state index contributed by atoms with van der Waals surface area (Å²) in [4.78, 5) is 14.4. The highest BCUT2D eigenvalue weighted by Gasteiger charge is 2.18. The Morgan fingerprint density at radius 1 is 0.960 bits per heavy atom. The number of rotatable bonds is 4. The van der Waals surface area contributed by atoms with Crippen molar-refractivity contribution in [2.75, 3.05) is 31.1 Å². The summed E-state index contributed by atoms with van der Waals surface area (Å²) in [7, 11) is 0. The van der Waals surface area contributed by atoms with Gasteiger partial charge in [-0.2, -0.15) is 0 Å². The van der Waals surface area contributed by atoms with Gasteiger partial charge < -0.3 is 4.90 Å². The van der Waals surface area contributed by atoms with Crippen molar-refractivity contribution in [1.29, 1.82) is 0 Å². The van der Waals surface area contributed by atoms with E-state index >= 15 is 0 Å². The fourth-order valence-corrected chi connectivity index (χ4v) is 4.67. The third-order valence-corrected chi connectivity index (χ3v) is 6.20. The lowest BCUT2D eigenvalue weighted by Crippen LogP contribution is -2.30. The SMILES string of the molecule is Cc1nc(CN2CCCN(c3nc(-c4ccccc4)cs3)CC2)cs1. The number of aryl methyl sites for hydroxylation is 1. The lowest BCUT2D eigenvalue weighted by Gasteiger charge is -2.20. The lowest BCUT2D eigenvalue weighted by atomic mass is 10.2. The highest BCUT2D eigenvalue weighted by atomic mass is 32.1. The van der Waals surface area contributed by atoms with E-state index in [9.17, 15) is 0 Å². The molecule has 1 aliphatic heterocycles. The number of hydrogen-bond acceptors (Lipinski definition) is 6. The molecule has 130 valence electrons. The first-order chi connectivity index (χ1) is 12.3. The Hall–Kier alpha value is -1.76. The predicted octanol–water partition coefficient (Wildman–Crippen LogP) is 4.29. The van der Waals surface area contributed by atoms with Crippen molar-refractivity contribution >= 4 is 27.8 Å². The van der Waals surface area contributed by atoms with Crippen LogP contribution in [0, 0.1) is 6.92 Å². The quantitative estimate of drug-likeness (QED) is 0.686. The Morgan fingerprint density at radius 2 is 1.84 bits per heavy atom. The molecule has 6 heteroatoms. The van der Waals surface area contributed by atoms with Gasteiger partial charge in [0.25, 0.3) is 0 Å². The van der Waals surface area contributed by atoms with Gasteiger partial charge in [-0.25, -0.2) is 9.97 Å². The van der Waals surface area contributed by atoms with Gasteiger partial charge in [-0.1, -0.05) is 30.3 Å². The van der Waals surface area contributed by atoms with E-state index in [2.05, 4.69) is 56.7 Å². The first-order valence-electron chi connectivity index (χ1n) is 8.67. The molecule has 1 aromatic carbocycles. The third kappa shape index (κ3) is 4.08. The van der Waals surface area contributed by atoms with Crippen LogP contribution >= 0.6 is 22.7 Å². The van der Waals surface area contributed by atoms with Crippen LogP contribution in [0.1, 0.15) is 17.1 Å². The molecule has 2 aromatic heterocycles. The van der Waals surface area contributed by atoms with Crippen molar-refractivity contribution < 1.29 is 0 Å². The third-order valence-electron chi connectivity index (χ3n) is 4.47. The highest BCUT2D eigenvalue weighted by Crippen LogP contribution is 2.28. The average Bonchev–Trinajstić information content (AvgIpc) is 3.21. The summed E-state index contributed by atoms with van der Waals surface area (Å²) < 4.78 is 0. The van der Waals surface area contributed by atoms with Gasteiger partial charge in [0, 0.05) is 49.0 Å². The summed E-state index contributed by atoms with van der Waals surface area (Å²) in [5.74, 6) is 0. The van der Waals surface area contributed by atoms with Crippen molar-refractivity contribution in [2.45, 2.75) is 19.9 Å². The zero-order valence-electron chi connectivity index (χ0n) is 14.4. The molecule has 0 spiro atoms. The Morgan fingerprint density at radius 3 is 2.64 bits per heavy atom. The van der Waals surface area contributed by atoms with Gasteiger partial charge in [-0.05, 0) is 13.3 Å². The summed E-state index contributed by atoms with van der Waals surface area (Å²) in [6, 6.07) is 10.4. The van der Waals surface area contributed by atoms with E-state index in [1.165, 1.54) is 17.7 Å². The van der Waals surface area contributed by atoms with Gasteiger partial charge in [0.05, 0.1) is 16.4 Å². The Balaban J connectivity index is 1.40. The zero-order chi connectivity index (χ0) is 17.1. The van der Waals surface area contributed by atoms with Crippen molar-refractivity contribution in [3.05, 3.63) is 51.8 Å². The molecule has 4 rings (SSSR count). The predicted molar refractivity (Wildman–Crippen MR) is 107 cm³/mol. The van der Waals surface area contributed by atoms with E-state index in [1.54, 1.807) is 22.7 Å². The molecule has 1 aliphatic rings. The summed E-state index contributed by atoms with van der Waals surface area (Å²) in [5.41, 5.74) is 3.48. The molecule has 3 heterocycles. The van der Waals surface area contributed by atoms with Gasteiger partial charge in [-0.15, -0.1) is 22.7 Å². The average molecular weight is 371 g/mol. The van der Waals surface area contributed by atoms with Crippen LogP contribution in [-0.2, 0) is 6.54 Å². The fraction of sp³-hybridized carbons (Fsp3) is 0.368. The Bertz CT molecular complexity index is 812. The van der Waals surface area contributed by atoms with E-state index in [0.29, 0.717) is 0 Å². The molecule has 0 amide bonds. The molecule has 0 bridgehead atoms. The molecule has 3 aromatic rings. The first kappa shape index (κ1) is 16.7. The molecular weight excluding hydrogens is 348 g/mol. The minimum absolute atomic E-state index is 0.964. The molecule has 4 nitrogen and oxygen atoms in total. The van der Waals surface area contributed by atoms with Crippen LogP contribution in [-0.4, -0.2) is 41.0 Å². The first-order valence-corrected chi connectivity index (χ1v) is 10.4. The number of nitrogens with zero attached hydrogens (tertiary/aromatic N) is 4. The molecule has 0 aliphatic carbocycles. The van der Waals surface area contributed by atoms with Crippen LogP contribution in [0.3, 0.4) is 0 Å². The van der Waals surface area contributed by atoms with Gasteiger partial charge in [0.1, 0.15) is 0 Å². The maximum Gasteiger partial charge on any atom is 0.185 e. The molecule has 1 saturated heterocycles. The second-order valence-corrected chi connectivity index (χ2v) is 8.25. The minimum atomic E-state index is 0.964. The Labute approximate surface area is 156 Å². The number of benzene rings is 1. The van der Waals surface area contributed by atoms with Gasteiger partial charge in [-0.3, -0.25) is 4.90 Å². The molecule has 1 fully saturated rings. The number of thiazole rings is 2. The summed E-state index contributed by atoms with van der Waals surface area (Å²) in [6.45, 7) is 7.34. The van der Waals surface area contributed by atoms with E-state index in [1.807, 2.05) is 6.07 Å². The normalized spacial score (nSPS) is 16.1. The maximum atomic E-state index is 4.87. The summed E-state index contributed by atoms with van der Waals surface area (Å²) >= 11 is 3.49. The van der Waals surface area contributed by atoms with Crippen LogP contribution in [0.4, 0.5) is 5.13 Å². The maximum absolute atomic E-state index is 4.87. The van der Waals surface area contributed by atoms with Gasteiger partial charge in [0.15, 0.2) is 5.13 Å². The number of anilines is 1. The Kier molecular flexibility index (Phi) is 5.10. The standard InChI is InChI=1S/C19H22N4S2/c1-15-20-17(13-24-15)12-22-8-5-9-23(11-10-22)19-21-18(14-25-19)16-6-3-2-4-7-16/h2-4,6-7,13-14H,5,8-12H2,1H3. The van der Waals surface area contributed by atoms with Crippen molar-refractivity contribution in [1.82, 2.24) is 14.9 Å². The zero-order valence-corrected chi connectivity index (χ0v) is 16.0. The fourth-order valence-electron chi connectivity index (χ4n) is 3.18. The van der Waals surface area contributed by atoms with Crippen LogP contribution in [0.15, 0.2) is 41.1 Å². The van der Waals surface area contributed by atoms with Crippen LogP contribution in [0.2, 0.25) is 0 Å². The topological polar surface area (TPSA) is 32.3 Å². The molecule has 0 N–H and O–H groups in total.